The van der Waals surface area contributed by atoms with E-state index in [2.05, 4.69) is 4.98 Å². The molecule has 0 saturated carbocycles. The molecule has 3 nitrogen and oxygen atoms in total. The normalized spacial score (nSPS) is 10.4. The van der Waals surface area contributed by atoms with Gasteiger partial charge in [-0.1, -0.05) is 6.07 Å². The fourth-order valence-corrected chi connectivity index (χ4v) is 1.75. The predicted molar refractivity (Wildman–Crippen MR) is 67.1 cm³/mol. The monoisotopic (exact) mass is 249 g/mol. The molecule has 0 aliphatic rings. The van der Waals surface area contributed by atoms with E-state index in [0.717, 1.165) is 0 Å². The molecule has 5 heteroatoms. The molecular formula is C13H13F2N3. The summed E-state index contributed by atoms with van der Waals surface area (Å²) in [5.41, 5.74) is 6.94. The van der Waals surface area contributed by atoms with Gasteiger partial charge in [0.15, 0.2) is 0 Å². The number of rotatable bonds is 3. The van der Waals surface area contributed by atoms with Gasteiger partial charge >= 0.3 is 0 Å². The maximum absolute atomic E-state index is 13.5. The molecule has 2 rings (SSSR count). The summed E-state index contributed by atoms with van der Waals surface area (Å²) in [5.74, 6) is -1.12. The van der Waals surface area contributed by atoms with Crippen LogP contribution in [0.3, 0.4) is 0 Å². The van der Waals surface area contributed by atoms with Gasteiger partial charge in [0.25, 0.3) is 0 Å². The Hall–Kier alpha value is -2.17. The molecule has 0 spiro atoms. The van der Waals surface area contributed by atoms with Gasteiger partial charge < -0.3 is 10.6 Å². The van der Waals surface area contributed by atoms with Crippen LogP contribution in [-0.2, 0) is 6.54 Å². The quantitative estimate of drug-likeness (QED) is 0.909. The molecule has 1 heterocycles. The van der Waals surface area contributed by atoms with Gasteiger partial charge in [-0.3, -0.25) is 4.98 Å². The van der Waals surface area contributed by atoms with Gasteiger partial charge in [-0.05, 0) is 18.2 Å². The Labute approximate surface area is 104 Å². The summed E-state index contributed by atoms with van der Waals surface area (Å²) in [6.07, 6.45) is 3.09. The first kappa shape index (κ1) is 12.3. The van der Waals surface area contributed by atoms with Gasteiger partial charge in [0.05, 0.1) is 17.6 Å². The number of nitrogens with two attached hydrogens (primary N) is 1. The number of nitrogen functional groups attached to an aromatic ring is 1. The minimum Gasteiger partial charge on any atom is -0.396 e. The molecule has 0 unspecified atom stereocenters. The molecule has 94 valence electrons. The number of hydrogen-bond donors (Lipinski definition) is 1. The Balaban J connectivity index is 2.27. The largest absolute Gasteiger partial charge is 0.396 e. The van der Waals surface area contributed by atoms with Crippen LogP contribution in [0.4, 0.5) is 20.2 Å². The molecule has 0 amide bonds. The summed E-state index contributed by atoms with van der Waals surface area (Å²) >= 11 is 0. The van der Waals surface area contributed by atoms with E-state index in [0.29, 0.717) is 11.4 Å². The topological polar surface area (TPSA) is 42.2 Å². The maximum Gasteiger partial charge on any atom is 0.131 e. The van der Waals surface area contributed by atoms with E-state index in [1.807, 2.05) is 0 Å². The third-order valence-electron chi connectivity index (χ3n) is 2.70. The summed E-state index contributed by atoms with van der Waals surface area (Å²) in [6.45, 7) is 0.104. The Morgan fingerprint density at radius 2 is 1.89 bits per heavy atom. The molecule has 0 radical (unpaired) electrons. The average Bonchev–Trinajstić information content (AvgIpc) is 2.34. The van der Waals surface area contributed by atoms with Crippen LogP contribution in [0.1, 0.15) is 5.56 Å². The Morgan fingerprint density at radius 3 is 2.50 bits per heavy atom. The van der Waals surface area contributed by atoms with Crippen LogP contribution in [0.5, 0.6) is 0 Å². The van der Waals surface area contributed by atoms with Crippen molar-refractivity contribution in [3.8, 4) is 0 Å². The molecule has 2 N–H and O–H groups in total. The number of hydrogen-bond acceptors (Lipinski definition) is 3. The Morgan fingerprint density at radius 1 is 1.22 bits per heavy atom. The van der Waals surface area contributed by atoms with E-state index >= 15 is 0 Å². The summed E-state index contributed by atoms with van der Waals surface area (Å²) in [5, 5.41) is 0. The van der Waals surface area contributed by atoms with Crippen molar-refractivity contribution in [3.05, 3.63) is 53.9 Å². The van der Waals surface area contributed by atoms with Crippen molar-refractivity contribution in [2.45, 2.75) is 6.54 Å². The second-order valence-corrected chi connectivity index (χ2v) is 3.99. The molecule has 1 aromatic heterocycles. The first-order valence-corrected chi connectivity index (χ1v) is 5.43. The van der Waals surface area contributed by atoms with Crippen molar-refractivity contribution in [1.82, 2.24) is 4.98 Å². The van der Waals surface area contributed by atoms with E-state index in [4.69, 9.17) is 5.73 Å². The van der Waals surface area contributed by atoms with Gasteiger partial charge in [0, 0.05) is 25.4 Å². The van der Waals surface area contributed by atoms with E-state index in [1.165, 1.54) is 24.4 Å². The fraction of sp³-hybridized carbons (Fsp3) is 0.154. The highest BCUT2D eigenvalue weighted by atomic mass is 19.1. The smallest absolute Gasteiger partial charge is 0.131 e. The highest BCUT2D eigenvalue weighted by Crippen LogP contribution is 2.23. The second kappa shape index (κ2) is 5.00. The Kier molecular flexibility index (Phi) is 3.41. The molecule has 18 heavy (non-hydrogen) atoms. The van der Waals surface area contributed by atoms with Crippen molar-refractivity contribution in [3.63, 3.8) is 0 Å². The van der Waals surface area contributed by atoms with Crippen molar-refractivity contribution < 1.29 is 8.78 Å². The van der Waals surface area contributed by atoms with Crippen LogP contribution in [0.25, 0.3) is 0 Å². The van der Waals surface area contributed by atoms with E-state index in [1.54, 1.807) is 24.2 Å². The van der Waals surface area contributed by atoms with Gasteiger partial charge in [0.2, 0.25) is 0 Å². The van der Waals surface area contributed by atoms with Crippen molar-refractivity contribution in [2.24, 2.45) is 0 Å². The lowest BCUT2D eigenvalue weighted by molar-refractivity contribution is 0.554. The van der Waals surface area contributed by atoms with E-state index in [9.17, 15) is 8.78 Å². The van der Waals surface area contributed by atoms with Crippen LogP contribution < -0.4 is 10.6 Å². The molecule has 2 aromatic rings. The standard InChI is InChI=1S/C13H13F2N3/c1-18(13-5-6-17-7-12(13)16)8-9-10(14)3-2-4-11(9)15/h2-7H,8,16H2,1H3. The van der Waals surface area contributed by atoms with E-state index < -0.39 is 11.6 Å². The molecule has 0 aliphatic heterocycles. The highest BCUT2D eigenvalue weighted by molar-refractivity contribution is 5.65. The molecule has 0 bridgehead atoms. The molecular weight excluding hydrogens is 236 g/mol. The lowest BCUT2D eigenvalue weighted by atomic mass is 10.1. The van der Waals surface area contributed by atoms with Gasteiger partial charge in [-0.15, -0.1) is 0 Å². The number of nitrogens with zero attached hydrogens (tertiary/aromatic N) is 2. The molecule has 0 aliphatic carbocycles. The third-order valence-corrected chi connectivity index (χ3v) is 2.70. The zero-order valence-electron chi connectivity index (χ0n) is 9.90. The highest BCUT2D eigenvalue weighted by Gasteiger charge is 2.12. The lowest BCUT2D eigenvalue weighted by Crippen LogP contribution is -2.19. The zero-order valence-corrected chi connectivity index (χ0v) is 9.90. The third kappa shape index (κ3) is 2.40. The van der Waals surface area contributed by atoms with Crippen molar-refractivity contribution in [2.75, 3.05) is 17.7 Å². The van der Waals surface area contributed by atoms with Crippen molar-refractivity contribution in [1.29, 1.82) is 0 Å². The second-order valence-electron chi connectivity index (χ2n) is 3.99. The minimum absolute atomic E-state index is 0.0243. The van der Waals surface area contributed by atoms with Crippen LogP contribution in [0.2, 0.25) is 0 Å². The molecule has 0 fully saturated rings. The summed E-state index contributed by atoms with van der Waals surface area (Å²) < 4.78 is 27.0. The summed E-state index contributed by atoms with van der Waals surface area (Å²) in [4.78, 5) is 5.55. The molecule has 0 atom stereocenters. The average molecular weight is 249 g/mol. The van der Waals surface area contributed by atoms with Crippen LogP contribution in [-0.4, -0.2) is 12.0 Å². The zero-order chi connectivity index (χ0) is 13.1. The van der Waals surface area contributed by atoms with Crippen LogP contribution in [0, 0.1) is 11.6 Å². The SMILES string of the molecule is CN(Cc1c(F)cccc1F)c1ccncc1N. The van der Waals surface area contributed by atoms with Crippen molar-refractivity contribution >= 4 is 11.4 Å². The van der Waals surface area contributed by atoms with Crippen LogP contribution in [0.15, 0.2) is 36.7 Å². The summed E-state index contributed by atoms with van der Waals surface area (Å²) in [7, 11) is 1.72. The molecule has 0 saturated heterocycles. The Bertz CT molecular complexity index is 537. The lowest BCUT2D eigenvalue weighted by Gasteiger charge is -2.21. The first-order chi connectivity index (χ1) is 8.59. The number of benzene rings is 1. The number of pyridine rings is 1. The van der Waals surface area contributed by atoms with Gasteiger partial charge in [-0.25, -0.2) is 8.78 Å². The maximum atomic E-state index is 13.5. The fourth-order valence-electron chi connectivity index (χ4n) is 1.75. The first-order valence-electron chi connectivity index (χ1n) is 5.43. The molecule has 1 aromatic carbocycles. The number of anilines is 2. The van der Waals surface area contributed by atoms with Crippen LogP contribution >= 0.6 is 0 Å². The minimum atomic E-state index is -0.561. The van der Waals surface area contributed by atoms with Gasteiger partial charge in [0.1, 0.15) is 11.6 Å². The summed E-state index contributed by atoms with van der Waals surface area (Å²) in [6, 6.07) is 5.52. The predicted octanol–water partition coefficient (Wildman–Crippen LogP) is 2.58. The van der Waals surface area contributed by atoms with Gasteiger partial charge in [-0.2, -0.15) is 0 Å². The van der Waals surface area contributed by atoms with E-state index in [-0.39, 0.29) is 12.1 Å². The number of halogens is 2. The number of aromatic nitrogens is 1.